The number of methoxy groups -OCH3 is 1. The summed E-state index contributed by atoms with van der Waals surface area (Å²) in [5.74, 6) is 0.0595. The maximum Gasteiger partial charge on any atom is 0.293 e. The number of ether oxygens (including phenoxy) is 2. The van der Waals surface area contributed by atoms with Crippen molar-refractivity contribution in [2.45, 2.75) is 25.3 Å². The number of nitrogens with one attached hydrogen (secondary N) is 1. The van der Waals surface area contributed by atoms with Crippen LogP contribution in [0.1, 0.15) is 19.4 Å². The minimum Gasteiger partial charge on any atom is -0.493 e. The van der Waals surface area contributed by atoms with Crippen molar-refractivity contribution < 1.29 is 27.6 Å². The molecule has 0 aliphatic carbocycles. The van der Waals surface area contributed by atoms with Crippen LogP contribution < -0.4 is 20.5 Å². The number of sulfonamides is 1. The van der Waals surface area contributed by atoms with Crippen LogP contribution in [-0.4, -0.2) is 50.4 Å². The van der Waals surface area contributed by atoms with E-state index in [0.29, 0.717) is 17.1 Å². The number of hydrogen-bond donors (Lipinski definition) is 2. The van der Waals surface area contributed by atoms with E-state index < -0.39 is 20.9 Å². The average Bonchev–Trinajstić information content (AvgIpc) is 2.76. The normalized spacial score (nSPS) is 11.2. The number of benzene rings is 2. The molecule has 0 aromatic heterocycles. The van der Waals surface area contributed by atoms with Crippen molar-refractivity contribution >= 4 is 27.3 Å². The molecule has 0 saturated heterocycles. The predicted octanol–water partition coefficient (Wildman–Crippen LogP) is 2.11. The SMILES string of the molecule is CCN(CC)S(=O)(=O)c1ccc(NCc2ccc(OCC(N)=O)c(OC)c2)c([N+](=O)[O-])c1. The summed E-state index contributed by atoms with van der Waals surface area (Å²) in [6.45, 7) is 3.80. The van der Waals surface area contributed by atoms with Crippen LogP contribution >= 0.6 is 0 Å². The van der Waals surface area contributed by atoms with Gasteiger partial charge in [0.25, 0.3) is 11.6 Å². The number of carbonyl (C=O) groups excluding carboxylic acids is 1. The van der Waals surface area contributed by atoms with E-state index in [-0.39, 0.29) is 42.5 Å². The van der Waals surface area contributed by atoms with Crippen molar-refractivity contribution in [1.82, 2.24) is 4.31 Å². The van der Waals surface area contributed by atoms with Crippen LogP contribution in [0.15, 0.2) is 41.3 Å². The van der Waals surface area contributed by atoms with E-state index >= 15 is 0 Å². The summed E-state index contributed by atoms with van der Waals surface area (Å²) in [5.41, 5.74) is 5.60. The number of amides is 1. The molecule has 0 saturated carbocycles. The van der Waals surface area contributed by atoms with Gasteiger partial charge in [-0.15, -0.1) is 0 Å². The monoisotopic (exact) mass is 466 g/mol. The quantitative estimate of drug-likeness (QED) is 0.356. The third-order valence-corrected chi connectivity index (χ3v) is 6.64. The number of nitrogens with zero attached hydrogens (tertiary/aromatic N) is 2. The number of nitro benzene ring substituents is 1. The highest BCUT2D eigenvalue weighted by Gasteiger charge is 2.25. The molecule has 11 nitrogen and oxygen atoms in total. The largest absolute Gasteiger partial charge is 0.493 e. The van der Waals surface area contributed by atoms with E-state index in [1.807, 2.05) is 0 Å². The smallest absolute Gasteiger partial charge is 0.293 e. The second-order valence-electron chi connectivity index (χ2n) is 6.62. The standard InChI is InChI=1S/C20H26N4O7S/c1-4-23(5-2)32(28,29)15-7-8-16(17(11-15)24(26)27)22-12-14-6-9-18(19(10-14)30-3)31-13-20(21)25/h6-11,22H,4-5,12-13H2,1-3H3,(H2,21,25). The molecule has 0 atom stereocenters. The zero-order valence-electron chi connectivity index (χ0n) is 18.0. The van der Waals surface area contributed by atoms with Crippen molar-refractivity contribution in [3.63, 3.8) is 0 Å². The van der Waals surface area contributed by atoms with Gasteiger partial charge >= 0.3 is 0 Å². The Kier molecular flexibility index (Phi) is 8.38. The van der Waals surface area contributed by atoms with Crippen LogP contribution in [0.4, 0.5) is 11.4 Å². The molecule has 3 N–H and O–H groups in total. The van der Waals surface area contributed by atoms with Crippen LogP contribution in [0, 0.1) is 10.1 Å². The lowest BCUT2D eigenvalue weighted by molar-refractivity contribution is -0.384. The van der Waals surface area contributed by atoms with Gasteiger partial charge in [-0.2, -0.15) is 4.31 Å². The molecule has 174 valence electrons. The second kappa shape index (κ2) is 10.8. The van der Waals surface area contributed by atoms with Gasteiger partial charge in [0.1, 0.15) is 5.69 Å². The number of primary amides is 1. The zero-order valence-corrected chi connectivity index (χ0v) is 18.8. The lowest BCUT2D eigenvalue weighted by Gasteiger charge is -2.18. The highest BCUT2D eigenvalue weighted by Crippen LogP contribution is 2.31. The summed E-state index contributed by atoms with van der Waals surface area (Å²) < 4.78 is 37.1. The number of nitro groups is 1. The van der Waals surface area contributed by atoms with Crippen molar-refractivity contribution in [2.75, 3.05) is 32.1 Å². The molecule has 2 aromatic carbocycles. The Hall–Kier alpha value is -3.38. The van der Waals surface area contributed by atoms with E-state index in [2.05, 4.69) is 5.32 Å². The molecular formula is C20H26N4O7S. The van der Waals surface area contributed by atoms with Gasteiger partial charge in [-0.1, -0.05) is 19.9 Å². The van der Waals surface area contributed by atoms with Crippen molar-refractivity contribution in [2.24, 2.45) is 5.73 Å². The summed E-state index contributed by atoms with van der Waals surface area (Å²) in [6.07, 6.45) is 0. The van der Waals surface area contributed by atoms with Crippen LogP contribution in [0.25, 0.3) is 0 Å². The lowest BCUT2D eigenvalue weighted by atomic mass is 10.2. The average molecular weight is 467 g/mol. The van der Waals surface area contributed by atoms with E-state index in [0.717, 1.165) is 6.07 Å². The van der Waals surface area contributed by atoms with E-state index in [9.17, 15) is 23.3 Å². The third-order valence-electron chi connectivity index (χ3n) is 4.59. The van der Waals surface area contributed by atoms with E-state index in [1.54, 1.807) is 32.0 Å². The molecule has 0 heterocycles. The maximum absolute atomic E-state index is 12.7. The van der Waals surface area contributed by atoms with Gasteiger partial charge in [-0.05, 0) is 29.8 Å². The number of rotatable bonds is 12. The van der Waals surface area contributed by atoms with E-state index in [1.165, 1.54) is 23.5 Å². The minimum atomic E-state index is -3.83. The topological polar surface area (TPSA) is 154 Å². The van der Waals surface area contributed by atoms with Crippen molar-refractivity contribution in [3.05, 3.63) is 52.1 Å². The highest BCUT2D eigenvalue weighted by molar-refractivity contribution is 7.89. The molecule has 0 bridgehead atoms. The molecule has 32 heavy (non-hydrogen) atoms. The molecule has 2 aromatic rings. The fraction of sp³-hybridized carbons (Fsp3) is 0.350. The lowest BCUT2D eigenvalue weighted by Crippen LogP contribution is -2.30. The summed E-state index contributed by atoms with van der Waals surface area (Å²) in [7, 11) is -2.39. The Morgan fingerprint density at radius 2 is 1.84 bits per heavy atom. The Morgan fingerprint density at radius 1 is 1.16 bits per heavy atom. The first-order chi connectivity index (χ1) is 15.1. The van der Waals surface area contributed by atoms with Gasteiger partial charge in [0, 0.05) is 25.7 Å². The van der Waals surface area contributed by atoms with Crippen LogP contribution in [0.5, 0.6) is 11.5 Å². The van der Waals surface area contributed by atoms with Gasteiger partial charge in [-0.3, -0.25) is 14.9 Å². The van der Waals surface area contributed by atoms with E-state index in [4.69, 9.17) is 15.2 Å². The first kappa shape index (κ1) is 24.9. The number of anilines is 1. The molecule has 2 rings (SSSR count). The van der Waals surface area contributed by atoms with Crippen LogP contribution in [0.3, 0.4) is 0 Å². The second-order valence-corrected chi connectivity index (χ2v) is 8.56. The van der Waals surface area contributed by atoms with Crippen LogP contribution in [-0.2, 0) is 21.4 Å². The molecule has 0 radical (unpaired) electrons. The zero-order chi connectivity index (χ0) is 23.9. The van der Waals surface area contributed by atoms with Gasteiger partial charge in [0.05, 0.1) is 16.9 Å². The molecule has 0 aliphatic heterocycles. The molecule has 0 aliphatic rings. The van der Waals surface area contributed by atoms with Crippen LogP contribution in [0.2, 0.25) is 0 Å². The Bertz CT molecular complexity index is 1090. The number of carbonyl (C=O) groups is 1. The molecule has 1 amide bonds. The number of nitrogens with two attached hydrogens (primary N) is 1. The first-order valence-corrected chi connectivity index (χ1v) is 11.2. The molecule has 12 heteroatoms. The fourth-order valence-electron chi connectivity index (χ4n) is 2.97. The summed E-state index contributed by atoms with van der Waals surface area (Å²) in [5, 5.41) is 14.5. The summed E-state index contributed by atoms with van der Waals surface area (Å²) >= 11 is 0. The highest BCUT2D eigenvalue weighted by atomic mass is 32.2. The molecular weight excluding hydrogens is 440 g/mol. The van der Waals surface area contributed by atoms with Gasteiger partial charge in [0.15, 0.2) is 18.1 Å². The maximum atomic E-state index is 12.7. The Labute approximate surface area is 186 Å². The Morgan fingerprint density at radius 3 is 2.41 bits per heavy atom. The minimum absolute atomic E-state index is 0.143. The number of hydrogen-bond acceptors (Lipinski definition) is 8. The molecule has 0 unspecified atom stereocenters. The van der Waals surface area contributed by atoms with Crippen molar-refractivity contribution in [3.8, 4) is 11.5 Å². The molecule has 0 spiro atoms. The Balaban J connectivity index is 2.26. The molecule has 0 fully saturated rings. The summed E-state index contributed by atoms with van der Waals surface area (Å²) in [4.78, 5) is 21.7. The fourth-order valence-corrected chi connectivity index (χ4v) is 4.45. The van der Waals surface area contributed by atoms with Gasteiger partial charge in [0.2, 0.25) is 10.0 Å². The first-order valence-electron chi connectivity index (χ1n) is 9.74. The summed E-state index contributed by atoms with van der Waals surface area (Å²) in [6, 6.07) is 8.69. The van der Waals surface area contributed by atoms with Gasteiger partial charge < -0.3 is 20.5 Å². The van der Waals surface area contributed by atoms with Crippen molar-refractivity contribution in [1.29, 1.82) is 0 Å². The van der Waals surface area contributed by atoms with Gasteiger partial charge in [-0.25, -0.2) is 8.42 Å². The predicted molar refractivity (Wildman–Crippen MR) is 118 cm³/mol. The third kappa shape index (κ3) is 5.86.